The molecule has 0 bridgehead atoms. The Kier molecular flexibility index (Phi) is 14.0. The number of carbonyl (C=O) groups excluding carboxylic acids is 3. The van der Waals surface area contributed by atoms with E-state index in [-0.39, 0.29) is 38.6 Å². The maximum atomic E-state index is 13.5. The molecule has 1 heterocycles. The number of carbonyl (C=O) groups is 4. The van der Waals surface area contributed by atoms with Gasteiger partial charge in [0.05, 0.1) is 13.0 Å². The minimum Gasteiger partial charge on any atom is -0.481 e. The van der Waals surface area contributed by atoms with E-state index in [4.69, 9.17) is 9.47 Å². The van der Waals surface area contributed by atoms with Gasteiger partial charge >= 0.3 is 18.0 Å². The van der Waals surface area contributed by atoms with Gasteiger partial charge in [0, 0.05) is 19.0 Å². The zero-order chi connectivity index (χ0) is 29.5. The Morgan fingerprint density at radius 3 is 2.17 bits per heavy atom. The Morgan fingerprint density at radius 2 is 1.57 bits per heavy atom. The first-order valence-corrected chi connectivity index (χ1v) is 14.7. The highest BCUT2D eigenvalue weighted by atomic mass is 16.6. The Balaban J connectivity index is 2.06. The number of rotatable bonds is 15. The van der Waals surface area contributed by atoms with Crippen LogP contribution in [-0.4, -0.2) is 70.1 Å². The normalized spacial score (nSPS) is 16.4. The van der Waals surface area contributed by atoms with Gasteiger partial charge in [-0.05, 0) is 32.8 Å². The van der Waals surface area contributed by atoms with Crippen molar-refractivity contribution >= 4 is 23.9 Å². The molecule has 0 saturated carbocycles. The summed E-state index contributed by atoms with van der Waals surface area (Å²) in [5, 5.41) is 9.48. The number of carboxylic acid groups (broad SMARTS) is 1. The number of aliphatic carboxylic acids is 1. The molecule has 2 amide bonds. The molecule has 1 aliphatic rings. The zero-order valence-electron chi connectivity index (χ0n) is 24.7. The lowest BCUT2D eigenvalue weighted by molar-refractivity contribution is -0.157. The SMILES string of the molecule is CCCCCCCCCC[C@H](CC(=O)O)C(=O)N1CCN(C(=O)OC(C)(C)C)[C@H](C(=O)OCc2ccccc2)C1. The van der Waals surface area contributed by atoms with Crippen LogP contribution in [0.1, 0.15) is 97.5 Å². The van der Waals surface area contributed by atoms with Gasteiger partial charge < -0.3 is 19.5 Å². The van der Waals surface area contributed by atoms with Gasteiger partial charge in [-0.25, -0.2) is 9.59 Å². The van der Waals surface area contributed by atoms with Gasteiger partial charge in [0.25, 0.3) is 0 Å². The molecule has 9 heteroatoms. The van der Waals surface area contributed by atoms with Crippen LogP contribution < -0.4 is 0 Å². The predicted molar refractivity (Wildman–Crippen MR) is 153 cm³/mol. The third-order valence-electron chi connectivity index (χ3n) is 6.99. The number of nitrogens with zero attached hydrogens (tertiary/aromatic N) is 2. The van der Waals surface area contributed by atoms with Crippen LogP contribution in [0.5, 0.6) is 0 Å². The van der Waals surface area contributed by atoms with E-state index in [2.05, 4.69) is 6.92 Å². The maximum absolute atomic E-state index is 13.5. The number of hydrogen-bond donors (Lipinski definition) is 1. The van der Waals surface area contributed by atoms with Crippen LogP contribution in [0.15, 0.2) is 30.3 Å². The molecule has 0 spiro atoms. The average Bonchev–Trinajstić information content (AvgIpc) is 2.91. The summed E-state index contributed by atoms with van der Waals surface area (Å²) in [4.78, 5) is 54.1. The smallest absolute Gasteiger partial charge is 0.411 e. The fraction of sp³-hybridized carbons (Fsp3) is 0.677. The van der Waals surface area contributed by atoms with E-state index in [0.29, 0.717) is 6.42 Å². The molecule has 224 valence electrons. The van der Waals surface area contributed by atoms with Crippen molar-refractivity contribution in [3.05, 3.63) is 35.9 Å². The molecule has 40 heavy (non-hydrogen) atoms. The number of piperazine rings is 1. The van der Waals surface area contributed by atoms with Gasteiger partial charge in [-0.15, -0.1) is 0 Å². The number of ether oxygens (including phenoxy) is 2. The minimum absolute atomic E-state index is 0.0341. The summed E-state index contributed by atoms with van der Waals surface area (Å²) in [6.07, 6.45) is 8.42. The quantitative estimate of drug-likeness (QED) is 0.213. The Morgan fingerprint density at radius 1 is 0.950 bits per heavy atom. The van der Waals surface area contributed by atoms with Crippen LogP contribution in [0.3, 0.4) is 0 Å². The molecule has 0 aliphatic carbocycles. The Labute approximate surface area is 239 Å². The second-order valence-corrected chi connectivity index (χ2v) is 11.6. The number of amides is 2. The second-order valence-electron chi connectivity index (χ2n) is 11.6. The fourth-order valence-corrected chi connectivity index (χ4v) is 4.86. The molecule has 0 unspecified atom stereocenters. The molecule has 9 nitrogen and oxygen atoms in total. The lowest BCUT2D eigenvalue weighted by Crippen LogP contribution is -2.61. The van der Waals surface area contributed by atoms with Crippen molar-refractivity contribution in [1.82, 2.24) is 9.80 Å². The highest BCUT2D eigenvalue weighted by molar-refractivity contribution is 5.86. The number of unbranched alkanes of at least 4 members (excludes halogenated alkanes) is 7. The van der Waals surface area contributed by atoms with Gasteiger partial charge in [-0.2, -0.15) is 0 Å². The van der Waals surface area contributed by atoms with Crippen molar-refractivity contribution in [3.8, 4) is 0 Å². The van der Waals surface area contributed by atoms with Crippen LogP contribution in [-0.2, 0) is 30.5 Å². The van der Waals surface area contributed by atoms with E-state index >= 15 is 0 Å². The molecule has 0 radical (unpaired) electrons. The summed E-state index contributed by atoms with van der Waals surface area (Å²) in [5.41, 5.74) is 0.0424. The Bertz CT molecular complexity index is 945. The molecule has 0 aromatic heterocycles. The second kappa shape index (κ2) is 16.9. The molecule has 1 N–H and O–H groups in total. The molecule has 1 aliphatic heterocycles. The summed E-state index contributed by atoms with van der Waals surface area (Å²) >= 11 is 0. The Hall–Kier alpha value is -3.10. The monoisotopic (exact) mass is 560 g/mol. The van der Waals surface area contributed by atoms with E-state index in [9.17, 15) is 24.3 Å². The lowest BCUT2D eigenvalue weighted by atomic mass is 9.94. The third kappa shape index (κ3) is 12.0. The van der Waals surface area contributed by atoms with Crippen molar-refractivity contribution in [2.24, 2.45) is 5.92 Å². The highest BCUT2D eigenvalue weighted by Gasteiger charge is 2.41. The number of carboxylic acids is 1. The van der Waals surface area contributed by atoms with E-state index in [1.807, 2.05) is 30.3 Å². The minimum atomic E-state index is -1.05. The summed E-state index contributed by atoms with van der Waals surface area (Å²) in [5.74, 6) is -2.63. The van der Waals surface area contributed by atoms with E-state index in [1.54, 1.807) is 20.8 Å². The van der Waals surface area contributed by atoms with Crippen LogP contribution in [0.25, 0.3) is 0 Å². The van der Waals surface area contributed by atoms with E-state index in [0.717, 1.165) is 31.2 Å². The molecule has 1 fully saturated rings. The molecule has 2 rings (SSSR count). The molecular weight excluding hydrogens is 512 g/mol. The topological polar surface area (TPSA) is 113 Å². The summed E-state index contributed by atoms with van der Waals surface area (Å²) in [7, 11) is 0. The molecule has 1 aromatic carbocycles. The van der Waals surface area contributed by atoms with Crippen molar-refractivity contribution in [3.63, 3.8) is 0 Å². The van der Waals surface area contributed by atoms with Crippen LogP contribution in [0.4, 0.5) is 4.79 Å². The fourth-order valence-electron chi connectivity index (χ4n) is 4.86. The van der Waals surface area contributed by atoms with Gasteiger partial charge in [0.1, 0.15) is 12.2 Å². The highest BCUT2D eigenvalue weighted by Crippen LogP contribution is 2.23. The largest absolute Gasteiger partial charge is 0.481 e. The number of benzene rings is 1. The lowest BCUT2D eigenvalue weighted by Gasteiger charge is -2.41. The standard InChI is InChI=1S/C31H48N2O7/c1-5-6-7-8-9-10-11-15-18-25(21-27(34)35)28(36)32-19-20-33(30(38)40-31(2,3)4)26(22-32)29(37)39-23-24-16-13-12-14-17-24/h12-14,16-17,25-26H,5-11,15,18-23H2,1-4H3,(H,34,35)/t25-,26+/m1/s1. The van der Waals surface area contributed by atoms with E-state index in [1.165, 1.54) is 35.5 Å². The van der Waals surface area contributed by atoms with Gasteiger partial charge in [-0.1, -0.05) is 88.6 Å². The van der Waals surface area contributed by atoms with Crippen molar-refractivity contribution in [2.45, 2.75) is 110 Å². The molecule has 1 aromatic rings. The first-order chi connectivity index (χ1) is 19.0. The summed E-state index contributed by atoms with van der Waals surface area (Å²) in [6, 6.07) is 8.15. The number of esters is 1. The molecule has 1 saturated heterocycles. The summed E-state index contributed by atoms with van der Waals surface area (Å²) < 4.78 is 11.1. The van der Waals surface area contributed by atoms with Crippen LogP contribution in [0, 0.1) is 5.92 Å². The summed E-state index contributed by atoms with van der Waals surface area (Å²) in [6.45, 7) is 7.66. The first kappa shape index (κ1) is 33.1. The van der Waals surface area contributed by atoms with Crippen LogP contribution in [0.2, 0.25) is 0 Å². The number of hydrogen-bond acceptors (Lipinski definition) is 6. The third-order valence-corrected chi connectivity index (χ3v) is 6.99. The van der Waals surface area contributed by atoms with Crippen molar-refractivity contribution in [2.75, 3.05) is 19.6 Å². The van der Waals surface area contributed by atoms with Gasteiger partial charge in [-0.3, -0.25) is 14.5 Å². The molecule has 2 atom stereocenters. The maximum Gasteiger partial charge on any atom is 0.411 e. The van der Waals surface area contributed by atoms with Crippen molar-refractivity contribution in [1.29, 1.82) is 0 Å². The zero-order valence-corrected chi connectivity index (χ0v) is 24.7. The average molecular weight is 561 g/mol. The van der Waals surface area contributed by atoms with Crippen LogP contribution >= 0.6 is 0 Å². The van der Waals surface area contributed by atoms with Gasteiger partial charge in [0.2, 0.25) is 5.91 Å². The van der Waals surface area contributed by atoms with E-state index < -0.39 is 35.6 Å². The first-order valence-electron chi connectivity index (χ1n) is 14.7. The van der Waals surface area contributed by atoms with Crippen molar-refractivity contribution < 1.29 is 33.8 Å². The molecular formula is C31H48N2O7. The predicted octanol–water partition coefficient (Wildman–Crippen LogP) is 5.80. The van der Waals surface area contributed by atoms with Gasteiger partial charge in [0.15, 0.2) is 6.04 Å².